The van der Waals surface area contributed by atoms with Gasteiger partial charge in [0.05, 0.1) is 0 Å². The van der Waals surface area contributed by atoms with Crippen molar-refractivity contribution in [2.24, 2.45) is 0 Å². The van der Waals surface area contributed by atoms with Gasteiger partial charge in [-0.15, -0.1) is 11.3 Å². The highest BCUT2D eigenvalue weighted by molar-refractivity contribution is 8.01. The van der Waals surface area contributed by atoms with Crippen LogP contribution in [0, 0.1) is 0 Å². The van der Waals surface area contributed by atoms with Crippen LogP contribution in [0.1, 0.15) is 42.6 Å². The molecule has 1 aliphatic heterocycles. The smallest absolute Gasteiger partial charge is 0.355 e. The fourth-order valence-corrected chi connectivity index (χ4v) is 4.69. The summed E-state index contributed by atoms with van der Waals surface area (Å²) >= 11 is 2.86. The van der Waals surface area contributed by atoms with Crippen molar-refractivity contribution >= 4 is 35.0 Å². The first kappa shape index (κ1) is 16.7. The van der Waals surface area contributed by atoms with E-state index in [1.165, 1.54) is 42.4 Å². The fourth-order valence-electron chi connectivity index (χ4n) is 2.88. The molecule has 1 saturated heterocycles. The number of likely N-dealkylation sites (tertiary alicyclic amines) is 1. The van der Waals surface area contributed by atoms with E-state index in [4.69, 9.17) is 5.11 Å². The minimum Gasteiger partial charge on any atom is -0.476 e. The number of amides is 1. The molecule has 2 aliphatic rings. The first-order valence-corrected chi connectivity index (χ1v) is 9.84. The van der Waals surface area contributed by atoms with Gasteiger partial charge in [0.2, 0.25) is 5.91 Å². The number of aromatic carboxylic acids is 1. The molecule has 1 aliphatic carbocycles. The maximum absolute atomic E-state index is 12.0. The number of nitrogens with zero attached hydrogens (tertiary/aromatic N) is 2. The number of hydrogen-bond acceptors (Lipinski definition) is 6. The number of hydrogen-bond donors (Lipinski definition) is 2. The van der Waals surface area contributed by atoms with Crippen molar-refractivity contribution in [2.45, 2.75) is 48.5 Å². The first-order valence-electron chi connectivity index (χ1n) is 7.98. The molecule has 2 fully saturated rings. The molecular formula is C15H21N3O3S2. The molecule has 6 nitrogen and oxygen atoms in total. The van der Waals surface area contributed by atoms with E-state index in [-0.39, 0.29) is 11.6 Å². The third kappa shape index (κ3) is 4.24. The molecular weight excluding hydrogens is 334 g/mol. The molecule has 1 saturated carbocycles. The molecule has 2 N–H and O–H groups in total. The summed E-state index contributed by atoms with van der Waals surface area (Å²) in [5.41, 5.74) is 0.0947. The number of carboxylic acid groups (broad SMARTS) is 1. The lowest BCUT2D eigenvalue weighted by atomic mass is 9.93. The van der Waals surface area contributed by atoms with E-state index < -0.39 is 5.97 Å². The van der Waals surface area contributed by atoms with Gasteiger partial charge in [-0.1, -0.05) is 18.2 Å². The van der Waals surface area contributed by atoms with Gasteiger partial charge in [-0.25, -0.2) is 9.78 Å². The average molecular weight is 355 g/mol. The highest BCUT2D eigenvalue weighted by Crippen LogP contribution is 2.25. The Morgan fingerprint density at radius 2 is 2.30 bits per heavy atom. The zero-order chi connectivity index (χ0) is 16.2. The molecule has 23 heavy (non-hydrogen) atoms. The Morgan fingerprint density at radius 3 is 2.96 bits per heavy atom. The number of thioether (sulfide) groups is 1. The Labute approximate surface area is 143 Å². The molecule has 0 bridgehead atoms. The van der Waals surface area contributed by atoms with Crippen LogP contribution < -0.4 is 5.32 Å². The Kier molecular flexibility index (Phi) is 5.55. The number of nitrogens with one attached hydrogen (secondary N) is 1. The number of rotatable bonds is 8. The van der Waals surface area contributed by atoms with Crippen molar-refractivity contribution < 1.29 is 14.7 Å². The number of aromatic nitrogens is 1. The Balaban J connectivity index is 1.44. The lowest BCUT2D eigenvalue weighted by molar-refractivity contribution is -0.128. The van der Waals surface area contributed by atoms with Crippen LogP contribution >= 0.6 is 23.1 Å². The van der Waals surface area contributed by atoms with E-state index in [1.54, 1.807) is 5.38 Å². The molecule has 0 spiro atoms. The largest absolute Gasteiger partial charge is 0.476 e. The molecule has 126 valence electrons. The molecule has 1 amide bonds. The highest BCUT2D eigenvalue weighted by atomic mass is 32.2. The predicted octanol–water partition coefficient (Wildman–Crippen LogP) is 2.07. The van der Waals surface area contributed by atoms with Crippen LogP contribution in [0.25, 0.3) is 0 Å². The van der Waals surface area contributed by atoms with Gasteiger partial charge in [0, 0.05) is 42.7 Å². The monoisotopic (exact) mass is 355 g/mol. The number of thiazole rings is 1. The molecule has 1 aromatic heterocycles. The van der Waals surface area contributed by atoms with Crippen molar-refractivity contribution in [2.75, 3.05) is 18.8 Å². The summed E-state index contributed by atoms with van der Waals surface area (Å²) in [6.07, 6.45) is 5.40. The van der Waals surface area contributed by atoms with Crippen LogP contribution in [0.4, 0.5) is 0 Å². The van der Waals surface area contributed by atoms with Crippen LogP contribution in [0.15, 0.2) is 9.72 Å². The lowest BCUT2D eigenvalue weighted by Gasteiger charge is -2.31. The van der Waals surface area contributed by atoms with Crippen LogP contribution in [0.3, 0.4) is 0 Å². The van der Waals surface area contributed by atoms with Crippen molar-refractivity contribution in [3.05, 3.63) is 11.1 Å². The van der Waals surface area contributed by atoms with Crippen molar-refractivity contribution in [1.82, 2.24) is 15.2 Å². The second-order valence-corrected chi connectivity index (χ2v) is 8.17. The van der Waals surface area contributed by atoms with E-state index in [0.29, 0.717) is 25.0 Å². The number of carbonyl (C=O) groups excluding carboxylic acids is 1. The quantitative estimate of drug-likeness (QED) is 0.695. The van der Waals surface area contributed by atoms with E-state index in [0.717, 1.165) is 23.1 Å². The summed E-state index contributed by atoms with van der Waals surface area (Å²) in [5, 5.41) is 14.0. The van der Waals surface area contributed by atoms with Gasteiger partial charge in [0.15, 0.2) is 10.0 Å². The molecule has 8 heteroatoms. The van der Waals surface area contributed by atoms with Gasteiger partial charge in [-0.3, -0.25) is 4.79 Å². The van der Waals surface area contributed by atoms with E-state index in [2.05, 4.69) is 10.3 Å². The first-order chi connectivity index (χ1) is 11.1. The number of carbonyl (C=O) groups is 2. The van der Waals surface area contributed by atoms with Gasteiger partial charge in [-0.2, -0.15) is 0 Å². The summed E-state index contributed by atoms with van der Waals surface area (Å²) in [5.74, 6) is -0.0144. The SMILES string of the molecule is O=C(O)c1csc(SCCN2C(=O)CC[C@@H]2CNC2CCC2)n1. The second-order valence-electron chi connectivity index (χ2n) is 5.97. The van der Waals surface area contributed by atoms with Crippen molar-refractivity contribution in [3.8, 4) is 0 Å². The topological polar surface area (TPSA) is 82.5 Å². The van der Waals surface area contributed by atoms with Crippen molar-refractivity contribution in [3.63, 3.8) is 0 Å². The van der Waals surface area contributed by atoms with Crippen LogP contribution in [-0.2, 0) is 4.79 Å². The van der Waals surface area contributed by atoms with Gasteiger partial charge in [0.1, 0.15) is 0 Å². The molecule has 1 aromatic rings. The number of carboxylic acids is 1. The fraction of sp³-hybridized carbons (Fsp3) is 0.667. The summed E-state index contributed by atoms with van der Waals surface area (Å²) in [6, 6.07) is 0.946. The Bertz CT molecular complexity index is 574. The van der Waals surface area contributed by atoms with Crippen LogP contribution in [0.5, 0.6) is 0 Å². The second kappa shape index (κ2) is 7.63. The molecule has 0 unspecified atom stereocenters. The Morgan fingerprint density at radius 1 is 1.48 bits per heavy atom. The zero-order valence-corrected chi connectivity index (χ0v) is 14.5. The maximum atomic E-state index is 12.0. The van der Waals surface area contributed by atoms with Gasteiger partial charge >= 0.3 is 5.97 Å². The zero-order valence-electron chi connectivity index (χ0n) is 12.9. The van der Waals surface area contributed by atoms with E-state index in [9.17, 15) is 9.59 Å². The third-order valence-electron chi connectivity index (χ3n) is 4.46. The van der Waals surface area contributed by atoms with Gasteiger partial charge < -0.3 is 15.3 Å². The molecule has 0 aromatic carbocycles. The van der Waals surface area contributed by atoms with Crippen molar-refractivity contribution in [1.29, 1.82) is 0 Å². The molecule has 2 heterocycles. The minimum absolute atomic E-state index is 0.0947. The summed E-state index contributed by atoms with van der Waals surface area (Å²) in [7, 11) is 0. The highest BCUT2D eigenvalue weighted by Gasteiger charge is 2.31. The maximum Gasteiger partial charge on any atom is 0.355 e. The van der Waals surface area contributed by atoms with Crippen LogP contribution in [0.2, 0.25) is 0 Å². The third-order valence-corrected chi connectivity index (χ3v) is 6.46. The molecule has 0 radical (unpaired) electrons. The van der Waals surface area contributed by atoms with E-state index >= 15 is 0 Å². The molecule has 1 atom stereocenters. The van der Waals surface area contributed by atoms with E-state index in [1.807, 2.05) is 4.90 Å². The predicted molar refractivity (Wildman–Crippen MR) is 90.2 cm³/mol. The summed E-state index contributed by atoms with van der Waals surface area (Å²) in [4.78, 5) is 28.9. The van der Waals surface area contributed by atoms with Gasteiger partial charge in [-0.05, 0) is 19.3 Å². The van der Waals surface area contributed by atoms with Crippen LogP contribution in [-0.4, -0.2) is 57.8 Å². The Hall–Kier alpha value is -1.12. The summed E-state index contributed by atoms with van der Waals surface area (Å²) < 4.78 is 0.748. The van der Waals surface area contributed by atoms with Gasteiger partial charge in [0.25, 0.3) is 0 Å². The minimum atomic E-state index is -0.995. The standard InChI is InChI=1S/C15H21N3O3S2/c19-13-5-4-11(8-16-10-2-1-3-10)18(13)6-7-22-15-17-12(9-23-15)14(20)21/h9-11,16H,1-8H2,(H,20,21)/t11-/m1/s1. The normalized spacial score (nSPS) is 21.7. The molecule has 3 rings (SSSR count). The lowest BCUT2D eigenvalue weighted by Crippen LogP contribution is -2.45. The average Bonchev–Trinajstić information content (AvgIpc) is 3.07. The summed E-state index contributed by atoms with van der Waals surface area (Å²) in [6.45, 7) is 1.59.